The summed E-state index contributed by atoms with van der Waals surface area (Å²) in [4.78, 5) is 10.6. The van der Waals surface area contributed by atoms with E-state index in [4.69, 9.17) is 22.4 Å². The van der Waals surface area contributed by atoms with Gasteiger partial charge in [0, 0.05) is 5.69 Å². The Bertz CT molecular complexity index is 433. The maximum absolute atomic E-state index is 11.9. The molecule has 0 aromatic heterocycles. The number of hydrogen-bond acceptors (Lipinski definition) is 3. The number of aromatic carboxylic acids is 1. The van der Waals surface area contributed by atoms with Crippen molar-refractivity contribution >= 4 is 23.3 Å². The van der Waals surface area contributed by atoms with Crippen molar-refractivity contribution in [3.63, 3.8) is 0 Å². The Morgan fingerprint density at radius 1 is 1.44 bits per heavy atom. The molecule has 1 aromatic carbocycles. The van der Waals surface area contributed by atoms with Crippen molar-refractivity contribution in [2.75, 3.05) is 5.73 Å². The van der Waals surface area contributed by atoms with Crippen LogP contribution in [0.3, 0.4) is 0 Å². The topological polar surface area (TPSA) is 72.5 Å². The second-order valence-electron chi connectivity index (χ2n) is 2.72. The number of benzene rings is 1. The Morgan fingerprint density at radius 2 is 2.00 bits per heavy atom. The molecule has 0 bridgehead atoms. The first-order valence-electron chi connectivity index (χ1n) is 3.79. The number of carboxylic acids is 1. The Hall–Kier alpha value is -1.63. The number of anilines is 1. The van der Waals surface area contributed by atoms with E-state index < -0.39 is 28.7 Å². The fraction of sp³-hybridized carbons (Fsp3) is 0.125. The van der Waals surface area contributed by atoms with Crippen LogP contribution in [0.25, 0.3) is 0 Å². The maximum atomic E-state index is 11.9. The molecule has 0 aliphatic heterocycles. The minimum atomic E-state index is -4.95. The molecular formula is C8H5ClF3NO3. The minimum Gasteiger partial charge on any atom is -0.478 e. The van der Waals surface area contributed by atoms with Gasteiger partial charge in [-0.2, -0.15) is 0 Å². The van der Waals surface area contributed by atoms with Gasteiger partial charge in [-0.05, 0) is 12.1 Å². The molecule has 0 spiro atoms. The van der Waals surface area contributed by atoms with Gasteiger partial charge in [-0.15, -0.1) is 13.2 Å². The van der Waals surface area contributed by atoms with Gasteiger partial charge in [-0.1, -0.05) is 11.6 Å². The van der Waals surface area contributed by atoms with Crippen molar-refractivity contribution in [2.24, 2.45) is 0 Å². The number of alkyl halides is 3. The summed E-state index contributed by atoms with van der Waals surface area (Å²) in [5, 5.41) is 8.20. The Morgan fingerprint density at radius 3 is 2.44 bits per heavy atom. The third-order valence-corrected chi connectivity index (χ3v) is 1.86. The van der Waals surface area contributed by atoms with Crippen LogP contribution in [0.15, 0.2) is 12.1 Å². The highest BCUT2D eigenvalue weighted by molar-refractivity contribution is 6.32. The molecule has 0 saturated carbocycles. The van der Waals surface area contributed by atoms with Gasteiger partial charge in [0.25, 0.3) is 0 Å². The predicted molar refractivity (Wildman–Crippen MR) is 49.5 cm³/mol. The van der Waals surface area contributed by atoms with Crippen molar-refractivity contribution in [3.8, 4) is 5.75 Å². The number of rotatable bonds is 2. The second-order valence-corrected chi connectivity index (χ2v) is 3.13. The molecule has 0 radical (unpaired) electrons. The number of carboxylic acid groups (broad SMARTS) is 1. The third kappa shape index (κ3) is 2.93. The molecule has 0 fully saturated rings. The monoisotopic (exact) mass is 255 g/mol. The van der Waals surface area contributed by atoms with Gasteiger partial charge in [-0.25, -0.2) is 4.79 Å². The van der Waals surface area contributed by atoms with Crippen LogP contribution in [0.5, 0.6) is 5.75 Å². The molecule has 0 aliphatic rings. The van der Waals surface area contributed by atoms with E-state index in [9.17, 15) is 18.0 Å². The van der Waals surface area contributed by atoms with Crippen LogP contribution in [0.1, 0.15) is 10.4 Å². The molecule has 4 nitrogen and oxygen atoms in total. The maximum Gasteiger partial charge on any atom is 0.573 e. The van der Waals surface area contributed by atoms with Crippen LogP contribution in [0, 0.1) is 0 Å². The Balaban J connectivity index is 3.20. The Labute approximate surface area is 92.4 Å². The number of nitrogen functional groups attached to an aromatic ring is 1. The summed E-state index contributed by atoms with van der Waals surface area (Å²) in [5.41, 5.74) is 4.50. The zero-order chi connectivity index (χ0) is 12.5. The Kier molecular flexibility index (Phi) is 3.18. The zero-order valence-corrected chi connectivity index (χ0v) is 8.26. The van der Waals surface area contributed by atoms with Crippen molar-refractivity contribution in [1.82, 2.24) is 0 Å². The van der Waals surface area contributed by atoms with E-state index >= 15 is 0 Å². The normalized spacial score (nSPS) is 11.2. The van der Waals surface area contributed by atoms with Crippen LogP contribution in [0.4, 0.5) is 18.9 Å². The predicted octanol–water partition coefficient (Wildman–Crippen LogP) is 2.52. The summed E-state index contributed by atoms with van der Waals surface area (Å²) in [5.74, 6) is -2.28. The van der Waals surface area contributed by atoms with Gasteiger partial charge < -0.3 is 15.6 Å². The SMILES string of the molecule is Nc1cc(Cl)c(OC(F)(F)F)cc1C(=O)O. The summed E-state index contributed by atoms with van der Waals surface area (Å²) < 4.78 is 39.2. The summed E-state index contributed by atoms with van der Waals surface area (Å²) >= 11 is 5.41. The third-order valence-electron chi connectivity index (χ3n) is 1.56. The van der Waals surface area contributed by atoms with Crippen LogP contribution < -0.4 is 10.5 Å². The highest BCUT2D eigenvalue weighted by atomic mass is 35.5. The van der Waals surface area contributed by atoms with Crippen LogP contribution in [0.2, 0.25) is 5.02 Å². The van der Waals surface area contributed by atoms with Gasteiger partial charge in [-0.3, -0.25) is 0 Å². The summed E-state index contributed by atoms with van der Waals surface area (Å²) in [6, 6.07) is 1.50. The molecule has 0 atom stereocenters. The van der Waals surface area contributed by atoms with Crippen molar-refractivity contribution in [2.45, 2.75) is 6.36 Å². The van der Waals surface area contributed by atoms with Gasteiger partial charge in [0.05, 0.1) is 10.6 Å². The van der Waals surface area contributed by atoms with Crippen LogP contribution in [-0.2, 0) is 0 Å². The van der Waals surface area contributed by atoms with Crippen molar-refractivity contribution in [1.29, 1.82) is 0 Å². The smallest absolute Gasteiger partial charge is 0.478 e. The lowest BCUT2D eigenvalue weighted by molar-refractivity contribution is -0.274. The van der Waals surface area contributed by atoms with E-state index in [1.165, 1.54) is 0 Å². The van der Waals surface area contributed by atoms with Crippen LogP contribution in [-0.4, -0.2) is 17.4 Å². The molecule has 3 N–H and O–H groups in total. The standard InChI is InChI=1S/C8H5ClF3NO3/c9-4-2-5(13)3(7(14)15)1-6(4)16-8(10,11)12/h1-2H,13H2,(H,14,15). The van der Waals surface area contributed by atoms with Gasteiger partial charge in [0.15, 0.2) is 0 Å². The molecular weight excluding hydrogens is 251 g/mol. The van der Waals surface area contributed by atoms with Gasteiger partial charge in [0.1, 0.15) is 5.75 Å². The lowest BCUT2D eigenvalue weighted by Crippen LogP contribution is -2.18. The first-order chi connectivity index (χ1) is 7.20. The van der Waals surface area contributed by atoms with E-state index in [0.29, 0.717) is 6.07 Å². The number of hydrogen-bond donors (Lipinski definition) is 2. The summed E-state index contributed by atoms with van der Waals surface area (Å²) in [7, 11) is 0. The number of ether oxygens (including phenoxy) is 1. The molecule has 1 rings (SSSR count). The molecule has 0 unspecified atom stereocenters. The van der Waals surface area contributed by atoms with E-state index in [-0.39, 0.29) is 5.69 Å². The highest BCUT2D eigenvalue weighted by Crippen LogP contribution is 2.33. The minimum absolute atomic E-state index is 0.243. The van der Waals surface area contributed by atoms with Gasteiger partial charge >= 0.3 is 12.3 Å². The van der Waals surface area contributed by atoms with E-state index in [0.717, 1.165) is 6.07 Å². The highest BCUT2D eigenvalue weighted by Gasteiger charge is 2.32. The number of halogens is 4. The molecule has 8 heteroatoms. The fourth-order valence-electron chi connectivity index (χ4n) is 0.957. The largest absolute Gasteiger partial charge is 0.573 e. The van der Waals surface area contributed by atoms with Crippen molar-refractivity contribution in [3.05, 3.63) is 22.7 Å². The first-order valence-corrected chi connectivity index (χ1v) is 4.16. The van der Waals surface area contributed by atoms with E-state index in [2.05, 4.69) is 4.74 Å². The molecule has 0 heterocycles. The molecule has 0 aliphatic carbocycles. The number of carbonyl (C=O) groups is 1. The molecule has 16 heavy (non-hydrogen) atoms. The average molecular weight is 256 g/mol. The number of nitrogens with two attached hydrogens (primary N) is 1. The molecule has 0 amide bonds. The van der Waals surface area contributed by atoms with Crippen LogP contribution >= 0.6 is 11.6 Å². The lowest BCUT2D eigenvalue weighted by Gasteiger charge is -2.11. The lowest BCUT2D eigenvalue weighted by atomic mass is 10.2. The average Bonchev–Trinajstić information content (AvgIpc) is 2.07. The van der Waals surface area contributed by atoms with Crippen molar-refractivity contribution < 1.29 is 27.8 Å². The zero-order valence-electron chi connectivity index (χ0n) is 7.51. The summed E-state index contributed by atoms with van der Waals surface area (Å²) in [6.45, 7) is 0. The second kappa shape index (κ2) is 4.09. The molecule has 0 saturated heterocycles. The summed E-state index contributed by atoms with van der Waals surface area (Å²) in [6.07, 6.45) is -4.95. The molecule has 88 valence electrons. The van der Waals surface area contributed by atoms with E-state index in [1.807, 2.05) is 0 Å². The first kappa shape index (κ1) is 12.4. The molecule has 1 aromatic rings. The quantitative estimate of drug-likeness (QED) is 0.797. The van der Waals surface area contributed by atoms with Gasteiger partial charge in [0.2, 0.25) is 0 Å². The van der Waals surface area contributed by atoms with E-state index in [1.54, 1.807) is 0 Å². The fourth-order valence-corrected chi connectivity index (χ4v) is 1.17.